The van der Waals surface area contributed by atoms with E-state index in [1.165, 1.54) is 44.1 Å². The zero-order valence-electron chi connectivity index (χ0n) is 17.1. The van der Waals surface area contributed by atoms with Crippen molar-refractivity contribution in [1.82, 2.24) is 20.1 Å². The molecule has 5 heteroatoms. The van der Waals surface area contributed by atoms with Crippen LogP contribution in [0.1, 0.15) is 64.4 Å². The molecule has 2 heterocycles. The molecule has 0 unspecified atom stereocenters. The summed E-state index contributed by atoms with van der Waals surface area (Å²) in [6.07, 6.45) is 12.6. The number of hydrogen-bond acceptors (Lipinski definition) is 4. The topological polar surface area (TPSA) is 48.5 Å². The average Bonchev–Trinajstić information content (AvgIpc) is 2.89. The minimum absolute atomic E-state index is 0.0126. The lowest BCUT2D eigenvalue weighted by Crippen LogP contribution is -2.45. The number of amides is 1. The first-order chi connectivity index (χ1) is 13.2. The number of carbonyl (C=O) groups excluding carboxylic acids is 1. The van der Waals surface area contributed by atoms with Crippen LogP contribution < -0.4 is 5.32 Å². The van der Waals surface area contributed by atoms with E-state index < -0.39 is 0 Å². The van der Waals surface area contributed by atoms with Crippen LogP contribution in [-0.2, 0) is 11.3 Å². The van der Waals surface area contributed by atoms with Crippen LogP contribution >= 0.6 is 0 Å². The first-order valence-corrected chi connectivity index (χ1v) is 10.9. The van der Waals surface area contributed by atoms with Crippen LogP contribution in [0.25, 0.3) is 0 Å². The maximum Gasteiger partial charge on any atom is 0.239 e. The van der Waals surface area contributed by atoms with Crippen LogP contribution in [0.4, 0.5) is 0 Å². The summed E-state index contributed by atoms with van der Waals surface area (Å²) in [4.78, 5) is 21.6. The summed E-state index contributed by atoms with van der Waals surface area (Å²) in [5.41, 5.74) is 1.23. The number of likely N-dealkylation sites (N-methyl/N-ethyl adjacent to an activating group) is 1. The third-order valence-electron chi connectivity index (χ3n) is 6.23. The van der Waals surface area contributed by atoms with Crippen molar-refractivity contribution in [3.63, 3.8) is 0 Å². The number of pyridine rings is 1. The van der Waals surface area contributed by atoms with E-state index in [-0.39, 0.29) is 6.04 Å². The summed E-state index contributed by atoms with van der Waals surface area (Å²) in [7, 11) is 0. The smallest absolute Gasteiger partial charge is 0.239 e. The molecule has 3 rings (SSSR count). The second-order valence-electron chi connectivity index (χ2n) is 8.10. The number of nitrogens with one attached hydrogen (secondary N) is 1. The summed E-state index contributed by atoms with van der Waals surface area (Å²) in [6, 6.07) is 5.15. The summed E-state index contributed by atoms with van der Waals surface area (Å²) < 4.78 is 0. The van der Waals surface area contributed by atoms with Crippen molar-refractivity contribution < 1.29 is 4.79 Å². The Kier molecular flexibility index (Phi) is 7.65. The van der Waals surface area contributed by atoms with E-state index in [1.807, 2.05) is 17.3 Å². The van der Waals surface area contributed by atoms with Crippen LogP contribution in [0.15, 0.2) is 24.5 Å². The van der Waals surface area contributed by atoms with Gasteiger partial charge in [0.15, 0.2) is 0 Å². The van der Waals surface area contributed by atoms with Gasteiger partial charge in [-0.05, 0) is 50.8 Å². The molecule has 1 aliphatic heterocycles. The van der Waals surface area contributed by atoms with Crippen LogP contribution in [-0.4, -0.2) is 58.5 Å². The summed E-state index contributed by atoms with van der Waals surface area (Å²) in [5.74, 6) is 0.291. The molecular formula is C22H36N4O. The SMILES string of the molecule is CCN(CC)C(=O)[C@@H]1C[C@H](NC2CCCCCC2)CN1Cc1ccncc1. The molecule has 1 saturated heterocycles. The Bertz CT molecular complexity index is 567. The van der Waals surface area contributed by atoms with Crippen LogP contribution in [0, 0.1) is 0 Å². The lowest BCUT2D eigenvalue weighted by atomic mass is 10.1. The first kappa shape index (κ1) is 20.3. The van der Waals surface area contributed by atoms with E-state index >= 15 is 0 Å². The zero-order valence-corrected chi connectivity index (χ0v) is 17.1. The number of likely N-dealkylation sites (tertiary alicyclic amines) is 1. The molecule has 0 bridgehead atoms. The molecule has 5 nitrogen and oxygen atoms in total. The number of nitrogens with zero attached hydrogens (tertiary/aromatic N) is 3. The molecule has 2 fully saturated rings. The quantitative estimate of drug-likeness (QED) is 0.747. The Balaban J connectivity index is 1.68. The Hall–Kier alpha value is -1.46. The fraction of sp³-hybridized carbons (Fsp3) is 0.727. The summed E-state index contributed by atoms with van der Waals surface area (Å²) in [5, 5.41) is 3.91. The molecule has 150 valence electrons. The molecule has 1 aromatic rings. The Morgan fingerprint density at radius 3 is 2.41 bits per heavy atom. The maximum absolute atomic E-state index is 13.1. The predicted octanol–water partition coefficient (Wildman–Crippen LogP) is 3.21. The van der Waals surface area contributed by atoms with Gasteiger partial charge in [0.2, 0.25) is 5.91 Å². The van der Waals surface area contributed by atoms with Crippen LogP contribution in [0.2, 0.25) is 0 Å². The van der Waals surface area contributed by atoms with Gasteiger partial charge in [-0.25, -0.2) is 0 Å². The standard InChI is InChI=1S/C22H36N4O/c1-3-25(4-2)22(27)21-15-20(24-19-9-7-5-6-8-10-19)17-26(21)16-18-11-13-23-14-12-18/h11-14,19-21,24H,3-10,15-17H2,1-2H3/t20-,21-/m0/s1. The predicted molar refractivity (Wildman–Crippen MR) is 109 cm³/mol. The Morgan fingerprint density at radius 2 is 1.78 bits per heavy atom. The molecule has 2 aliphatic rings. The van der Waals surface area contributed by atoms with Crippen LogP contribution in [0.5, 0.6) is 0 Å². The molecule has 1 aliphatic carbocycles. The molecule has 1 N–H and O–H groups in total. The number of hydrogen-bond donors (Lipinski definition) is 1. The maximum atomic E-state index is 13.1. The highest BCUT2D eigenvalue weighted by molar-refractivity contribution is 5.82. The second kappa shape index (κ2) is 10.2. The normalized spacial score (nSPS) is 24.7. The van der Waals surface area contributed by atoms with Gasteiger partial charge in [-0.2, -0.15) is 0 Å². The van der Waals surface area contributed by atoms with Gasteiger partial charge in [-0.15, -0.1) is 0 Å². The van der Waals surface area contributed by atoms with Crippen molar-refractivity contribution in [2.24, 2.45) is 0 Å². The van der Waals surface area contributed by atoms with Crippen molar-refractivity contribution >= 4 is 5.91 Å². The van der Waals surface area contributed by atoms with Gasteiger partial charge < -0.3 is 10.2 Å². The number of rotatable bonds is 7. The molecule has 27 heavy (non-hydrogen) atoms. The molecule has 0 radical (unpaired) electrons. The molecule has 1 aromatic heterocycles. The molecule has 1 amide bonds. The minimum atomic E-state index is -0.0126. The van der Waals surface area contributed by atoms with E-state index in [2.05, 4.69) is 41.2 Å². The Labute approximate surface area is 164 Å². The van der Waals surface area contributed by atoms with Gasteiger partial charge in [0.1, 0.15) is 0 Å². The van der Waals surface area contributed by atoms with E-state index in [4.69, 9.17) is 0 Å². The summed E-state index contributed by atoms with van der Waals surface area (Å²) in [6.45, 7) is 7.50. The van der Waals surface area contributed by atoms with Gasteiger partial charge in [0, 0.05) is 50.7 Å². The van der Waals surface area contributed by atoms with E-state index in [9.17, 15) is 4.79 Å². The number of carbonyl (C=O) groups is 1. The third kappa shape index (κ3) is 5.52. The van der Waals surface area contributed by atoms with Gasteiger partial charge >= 0.3 is 0 Å². The van der Waals surface area contributed by atoms with Crippen molar-refractivity contribution in [3.8, 4) is 0 Å². The van der Waals surface area contributed by atoms with Crippen LogP contribution in [0.3, 0.4) is 0 Å². The van der Waals surface area contributed by atoms with Gasteiger partial charge in [-0.1, -0.05) is 25.7 Å². The van der Waals surface area contributed by atoms with Crippen molar-refractivity contribution in [2.75, 3.05) is 19.6 Å². The lowest BCUT2D eigenvalue weighted by molar-refractivity contribution is -0.135. The third-order valence-corrected chi connectivity index (χ3v) is 6.23. The highest BCUT2D eigenvalue weighted by Gasteiger charge is 2.38. The molecule has 0 spiro atoms. The fourth-order valence-electron chi connectivity index (χ4n) is 4.70. The molecule has 2 atom stereocenters. The monoisotopic (exact) mass is 372 g/mol. The molecular weight excluding hydrogens is 336 g/mol. The Morgan fingerprint density at radius 1 is 1.11 bits per heavy atom. The second-order valence-corrected chi connectivity index (χ2v) is 8.10. The van der Waals surface area contributed by atoms with E-state index in [0.717, 1.165) is 32.6 Å². The largest absolute Gasteiger partial charge is 0.342 e. The lowest BCUT2D eigenvalue weighted by Gasteiger charge is -2.28. The first-order valence-electron chi connectivity index (χ1n) is 10.9. The highest BCUT2D eigenvalue weighted by atomic mass is 16.2. The van der Waals surface area contributed by atoms with Gasteiger partial charge in [-0.3, -0.25) is 14.7 Å². The van der Waals surface area contributed by atoms with E-state index in [0.29, 0.717) is 18.0 Å². The fourth-order valence-corrected chi connectivity index (χ4v) is 4.70. The van der Waals surface area contributed by atoms with Crippen molar-refractivity contribution in [2.45, 2.75) is 83.5 Å². The van der Waals surface area contributed by atoms with Crippen molar-refractivity contribution in [3.05, 3.63) is 30.1 Å². The molecule has 0 aromatic carbocycles. The van der Waals surface area contributed by atoms with E-state index in [1.54, 1.807) is 0 Å². The average molecular weight is 373 g/mol. The van der Waals surface area contributed by atoms with Gasteiger partial charge in [0.05, 0.1) is 6.04 Å². The highest BCUT2D eigenvalue weighted by Crippen LogP contribution is 2.25. The number of aromatic nitrogens is 1. The van der Waals surface area contributed by atoms with Gasteiger partial charge in [0.25, 0.3) is 0 Å². The zero-order chi connectivity index (χ0) is 19.1. The molecule has 1 saturated carbocycles. The minimum Gasteiger partial charge on any atom is -0.342 e. The van der Waals surface area contributed by atoms with Crippen molar-refractivity contribution in [1.29, 1.82) is 0 Å². The summed E-state index contributed by atoms with van der Waals surface area (Å²) >= 11 is 0.